The van der Waals surface area contributed by atoms with Crippen LogP contribution < -0.4 is 15.5 Å². The maximum absolute atomic E-state index is 12.4. The Bertz CT molecular complexity index is 910. The lowest BCUT2D eigenvalue weighted by molar-refractivity contribution is -0.120. The molecule has 3 amide bonds. The monoisotopic (exact) mass is 555 g/mol. The van der Waals surface area contributed by atoms with E-state index in [1.165, 1.54) is 88.3 Å². The third-order valence-corrected chi connectivity index (χ3v) is 7.86. The summed E-state index contributed by atoms with van der Waals surface area (Å²) in [6, 6.07) is 5.76. The van der Waals surface area contributed by atoms with Crippen LogP contribution in [-0.4, -0.2) is 55.4 Å². The molecule has 0 aliphatic heterocycles. The summed E-state index contributed by atoms with van der Waals surface area (Å²) in [7, 11) is -2.99. The Morgan fingerprint density at radius 1 is 0.842 bits per heavy atom. The van der Waals surface area contributed by atoms with Crippen LogP contribution in [0.3, 0.4) is 0 Å². The number of unbranched alkanes of at least 4 members (excludes halogenated alkanes) is 13. The largest absolute Gasteiger partial charge is 0.508 e. The van der Waals surface area contributed by atoms with Gasteiger partial charge in [-0.25, -0.2) is 4.79 Å². The lowest BCUT2D eigenvalue weighted by Gasteiger charge is -2.19. The van der Waals surface area contributed by atoms with Crippen LogP contribution in [0.25, 0.3) is 0 Å². The molecular weight excluding hydrogens is 506 g/mol. The Morgan fingerprint density at radius 3 is 1.84 bits per heavy atom. The second-order valence-corrected chi connectivity index (χ2v) is 11.6. The van der Waals surface area contributed by atoms with Crippen molar-refractivity contribution >= 4 is 27.7 Å². The quantitative estimate of drug-likeness (QED) is 0.112. The number of anilines is 1. The Hall–Kier alpha value is -2.33. The Labute approximate surface area is 229 Å². The summed E-state index contributed by atoms with van der Waals surface area (Å²) in [6.45, 7) is 2.33. The molecule has 0 saturated carbocycles. The van der Waals surface area contributed by atoms with Crippen LogP contribution >= 0.6 is 0 Å². The molecule has 1 rings (SSSR count). The number of rotatable bonds is 21. The minimum absolute atomic E-state index is 0.0171. The topological polar surface area (TPSA) is 136 Å². The third kappa shape index (κ3) is 15.2. The second kappa shape index (κ2) is 19.7. The minimum Gasteiger partial charge on any atom is -0.508 e. The molecule has 0 heterocycles. The van der Waals surface area contributed by atoms with Crippen molar-refractivity contribution in [2.75, 3.05) is 25.0 Å². The summed E-state index contributed by atoms with van der Waals surface area (Å²) < 4.78 is 33.0. The molecular formula is C28H49N3O6S. The first-order valence-electron chi connectivity index (χ1n) is 14.2. The van der Waals surface area contributed by atoms with E-state index in [0.29, 0.717) is 12.1 Å². The minimum atomic E-state index is -4.52. The number of carbonyl (C=O) groups is 2. The van der Waals surface area contributed by atoms with Crippen LogP contribution in [0, 0.1) is 0 Å². The molecule has 218 valence electrons. The average Bonchev–Trinajstić information content (AvgIpc) is 2.87. The maximum Gasteiger partial charge on any atom is 0.321 e. The van der Waals surface area contributed by atoms with Gasteiger partial charge in [0, 0.05) is 31.9 Å². The van der Waals surface area contributed by atoms with E-state index in [0.717, 1.165) is 19.3 Å². The molecule has 9 nitrogen and oxygen atoms in total. The van der Waals surface area contributed by atoms with E-state index in [1.54, 1.807) is 12.1 Å². The molecule has 0 saturated heterocycles. The lowest BCUT2D eigenvalue weighted by Crippen LogP contribution is -2.44. The number of amides is 3. The molecule has 0 fully saturated rings. The Balaban J connectivity index is 2.18. The summed E-state index contributed by atoms with van der Waals surface area (Å²) in [5.74, 6) is -0.734. The number of nitrogens with one attached hydrogen (secondary N) is 2. The van der Waals surface area contributed by atoms with Crippen molar-refractivity contribution in [2.24, 2.45) is 0 Å². The summed E-state index contributed by atoms with van der Waals surface area (Å²) in [5, 5.41) is 13.1. The molecule has 1 aromatic carbocycles. The second-order valence-electron chi connectivity index (χ2n) is 9.99. The van der Waals surface area contributed by atoms with Crippen LogP contribution in [0.15, 0.2) is 24.3 Å². The van der Waals surface area contributed by atoms with E-state index in [1.807, 2.05) is 0 Å². The van der Waals surface area contributed by atoms with Gasteiger partial charge in [-0.3, -0.25) is 14.2 Å². The van der Waals surface area contributed by atoms with Crippen molar-refractivity contribution < 1.29 is 27.7 Å². The fraction of sp³-hybridized carbons (Fsp3) is 0.714. The molecule has 0 radical (unpaired) electrons. The molecule has 0 bridgehead atoms. The summed E-state index contributed by atoms with van der Waals surface area (Å²) in [5.41, 5.74) is 0.492. The first kappa shape index (κ1) is 33.7. The smallest absolute Gasteiger partial charge is 0.321 e. The van der Waals surface area contributed by atoms with Gasteiger partial charge in [0.05, 0.1) is 0 Å². The van der Waals surface area contributed by atoms with Crippen LogP contribution in [-0.2, 0) is 14.9 Å². The number of hydrogen-bond acceptors (Lipinski definition) is 5. The number of phenols is 1. The van der Waals surface area contributed by atoms with Crippen molar-refractivity contribution in [2.45, 2.75) is 108 Å². The summed E-state index contributed by atoms with van der Waals surface area (Å²) in [6.07, 6.45) is 16.5. The standard InChI is InChI=1S/C28H49N3O6S/c1-3-4-5-6-7-8-9-10-11-12-13-14-15-16-20-26(38(35,36)37)27(33)29-21-22-30-28(34)31(2)24-18-17-19-25(32)23-24/h17-19,23,26,32H,3-16,20-22H2,1-2H3,(H,29,33)(H,30,34)(H,35,36,37). The van der Waals surface area contributed by atoms with E-state index in [4.69, 9.17) is 0 Å². The van der Waals surface area contributed by atoms with E-state index >= 15 is 0 Å². The SMILES string of the molecule is CCCCCCCCCCCCCCCCC(C(=O)NCCNC(=O)N(C)c1cccc(O)c1)S(=O)(=O)O. The normalized spacial score (nSPS) is 12.2. The Kier molecular flexibility index (Phi) is 17.5. The fourth-order valence-corrected chi connectivity index (χ4v) is 5.16. The van der Waals surface area contributed by atoms with Gasteiger partial charge >= 0.3 is 6.03 Å². The Morgan fingerprint density at radius 2 is 1.34 bits per heavy atom. The van der Waals surface area contributed by atoms with E-state index in [-0.39, 0.29) is 25.3 Å². The average molecular weight is 556 g/mol. The summed E-state index contributed by atoms with van der Waals surface area (Å²) >= 11 is 0. The van der Waals surface area contributed by atoms with Crippen LogP contribution in [0.4, 0.5) is 10.5 Å². The fourth-order valence-electron chi connectivity index (χ4n) is 4.35. The maximum atomic E-state index is 12.4. The van der Waals surface area contributed by atoms with E-state index < -0.39 is 27.3 Å². The molecule has 0 aromatic heterocycles. The van der Waals surface area contributed by atoms with E-state index in [2.05, 4.69) is 17.6 Å². The molecule has 1 unspecified atom stereocenters. The highest BCUT2D eigenvalue weighted by atomic mass is 32.2. The zero-order valence-corrected chi connectivity index (χ0v) is 24.1. The molecule has 0 spiro atoms. The van der Waals surface area contributed by atoms with Gasteiger partial charge in [-0.1, -0.05) is 103 Å². The highest BCUT2D eigenvalue weighted by Crippen LogP contribution is 2.19. The van der Waals surface area contributed by atoms with Gasteiger partial charge in [0.1, 0.15) is 5.75 Å². The third-order valence-electron chi connectivity index (χ3n) is 6.69. The molecule has 1 atom stereocenters. The van der Waals surface area contributed by atoms with Crippen molar-refractivity contribution in [3.05, 3.63) is 24.3 Å². The molecule has 10 heteroatoms. The molecule has 0 aliphatic carbocycles. The highest BCUT2D eigenvalue weighted by Gasteiger charge is 2.30. The predicted octanol–water partition coefficient (Wildman–Crippen LogP) is 5.78. The van der Waals surface area contributed by atoms with Gasteiger partial charge in [0.25, 0.3) is 10.1 Å². The molecule has 4 N–H and O–H groups in total. The zero-order chi connectivity index (χ0) is 28.2. The van der Waals surface area contributed by atoms with Crippen molar-refractivity contribution in [3.63, 3.8) is 0 Å². The van der Waals surface area contributed by atoms with Gasteiger partial charge in [-0.15, -0.1) is 0 Å². The van der Waals surface area contributed by atoms with Crippen LogP contribution in [0.1, 0.15) is 103 Å². The number of hydrogen-bond donors (Lipinski definition) is 4. The number of urea groups is 1. The van der Waals surface area contributed by atoms with Gasteiger partial charge in [-0.2, -0.15) is 8.42 Å². The first-order valence-corrected chi connectivity index (χ1v) is 15.7. The number of nitrogens with zero attached hydrogens (tertiary/aromatic N) is 1. The predicted molar refractivity (Wildman–Crippen MR) is 153 cm³/mol. The van der Waals surface area contributed by atoms with Crippen molar-refractivity contribution in [3.8, 4) is 5.75 Å². The summed E-state index contributed by atoms with van der Waals surface area (Å²) in [4.78, 5) is 25.9. The lowest BCUT2D eigenvalue weighted by atomic mass is 10.0. The number of benzene rings is 1. The van der Waals surface area contributed by atoms with Gasteiger partial charge in [-0.05, 0) is 18.6 Å². The number of carbonyl (C=O) groups excluding carboxylic acids is 2. The van der Waals surface area contributed by atoms with Crippen LogP contribution in [0.5, 0.6) is 5.75 Å². The van der Waals surface area contributed by atoms with Gasteiger partial charge in [0.15, 0.2) is 5.25 Å². The first-order chi connectivity index (χ1) is 18.2. The molecule has 0 aliphatic rings. The van der Waals surface area contributed by atoms with E-state index in [9.17, 15) is 27.7 Å². The van der Waals surface area contributed by atoms with Crippen molar-refractivity contribution in [1.82, 2.24) is 10.6 Å². The van der Waals surface area contributed by atoms with Crippen LogP contribution in [0.2, 0.25) is 0 Å². The molecule has 38 heavy (non-hydrogen) atoms. The molecule has 1 aromatic rings. The van der Waals surface area contributed by atoms with Gasteiger partial charge in [0.2, 0.25) is 5.91 Å². The number of aromatic hydroxyl groups is 1. The zero-order valence-electron chi connectivity index (χ0n) is 23.3. The van der Waals surface area contributed by atoms with Gasteiger partial charge < -0.3 is 15.7 Å². The number of phenolic OH excluding ortho intramolecular Hbond substituents is 1. The highest BCUT2D eigenvalue weighted by molar-refractivity contribution is 7.87. The van der Waals surface area contributed by atoms with Crippen molar-refractivity contribution in [1.29, 1.82) is 0 Å².